The second-order valence-corrected chi connectivity index (χ2v) is 4.52. The summed E-state index contributed by atoms with van der Waals surface area (Å²) in [5.41, 5.74) is -0.103. The Hall–Kier alpha value is -2.14. The molecule has 0 spiro atoms. The number of esters is 2. The van der Waals surface area contributed by atoms with Gasteiger partial charge in [0.15, 0.2) is 11.5 Å². The molecule has 0 aliphatic rings. The third kappa shape index (κ3) is 4.72. The Bertz CT molecular complexity index is 624. The molecule has 0 aromatic heterocycles. The van der Waals surface area contributed by atoms with Gasteiger partial charge in [0.25, 0.3) is 0 Å². The van der Waals surface area contributed by atoms with E-state index in [0.717, 1.165) is 0 Å². The van der Waals surface area contributed by atoms with Gasteiger partial charge in [0, 0.05) is 18.6 Å². The highest BCUT2D eigenvalue weighted by Gasteiger charge is 2.26. The van der Waals surface area contributed by atoms with Gasteiger partial charge in [0.2, 0.25) is 0 Å². The summed E-state index contributed by atoms with van der Waals surface area (Å²) in [6, 6.07) is 5.42. The molecule has 0 saturated heterocycles. The van der Waals surface area contributed by atoms with E-state index in [1.54, 1.807) is 6.92 Å². The maximum Gasteiger partial charge on any atom is 0.337 e. The zero-order chi connectivity index (χ0) is 16.0. The normalized spacial score (nSPS) is 11.4. The van der Waals surface area contributed by atoms with Crippen LogP contribution in [0.25, 0.3) is 0 Å². The van der Waals surface area contributed by atoms with Crippen molar-refractivity contribution in [3.63, 3.8) is 0 Å². The summed E-state index contributed by atoms with van der Waals surface area (Å²) in [5.74, 6) is -1.32. The van der Waals surface area contributed by atoms with Crippen molar-refractivity contribution in [1.82, 2.24) is 0 Å². The molecule has 0 radical (unpaired) electrons. The Kier molecular flexibility index (Phi) is 6.11. The van der Waals surface area contributed by atoms with Crippen molar-refractivity contribution < 1.29 is 19.1 Å². The molecule has 0 aliphatic heterocycles. The van der Waals surface area contributed by atoms with Gasteiger partial charge in [0.1, 0.15) is 0 Å². The van der Waals surface area contributed by atoms with Crippen molar-refractivity contribution in [3.05, 3.63) is 57.2 Å². The van der Waals surface area contributed by atoms with Crippen molar-refractivity contribution in [3.8, 4) is 0 Å². The van der Waals surface area contributed by atoms with Crippen molar-refractivity contribution >= 4 is 23.5 Å². The molecule has 0 saturated carbocycles. The fourth-order valence-corrected chi connectivity index (χ4v) is 1.88. The van der Waals surface area contributed by atoms with E-state index >= 15 is 0 Å². The quantitative estimate of drug-likeness (QED) is 0.617. The molecule has 0 aliphatic carbocycles. The van der Waals surface area contributed by atoms with Gasteiger partial charge in [-0.05, 0) is 13.0 Å². The standard InChI is InChI=1S/C15H15ClO5/c1-4-20-15(19)9(2)14(21-10(3)17)12-7-5-6-11(18)8-13(12)16/h5-8,14H,2,4H2,1,3H3. The van der Waals surface area contributed by atoms with E-state index in [-0.39, 0.29) is 28.2 Å². The number of carbonyl (C=O) groups is 2. The largest absolute Gasteiger partial charge is 0.463 e. The first-order valence-corrected chi connectivity index (χ1v) is 6.57. The highest BCUT2D eigenvalue weighted by molar-refractivity contribution is 6.31. The molecule has 1 atom stereocenters. The van der Waals surface area contributed by atoms with E-state index in [4.69, 9.17) is 21.1 Å². The van der Waals surface area contributed by atoms with Crippen LogP contribution in [0.2, 0.25) is 5.02 Å². The Morgan fingerprint density at radius 3 is 2.62 bits per heavy atom. The molecule has 0 N–H and O–H groups in total. The van der Waals surface area contributed by atoms with Crippen LogP contribution < -0.4 is 5.43 Å². The maximum absolute atomic E-state index is 11.8. The minimum Gasteiger partial charge on any atom is -0.463 e. The van der Waals surface area contributed by atoms with Crippen molar-refractivity contribution in [2.24, 2.45) is 0 Å². The molecular weight excluding hydrogens is 296 g/mol. The average molecular weight is 311 g/mol. The predicted molar refractivity (Wildman–Crippen MR) is 78.0 cm³/mol. The van der Waals surface area contributed by atoms with E-state index in [9.17, 15) is 14.4 Å². The lowest BCUT2D eigenvalue weighted by atomic mass is 10.0. The Labute approximate surface area is 127 Å². The summed E-state index contributed by atoms with van der Waals surface area (Å²) in [5, 5.41) is 0.0710. The minimum absolute atomic E-state index is 0.0710. The van der Waals surface area contributed by atoms with Gasteiger partial charge in [-0.2, -0.15) is 0 Å². The van der Waals surface area contributed by atoms with Gasteiger partial charge < -0.3 is 9.47 Å². The van der Waals surface area contributed by atoms with E-state index in [0.29, 0.717) is 0 Å². The predicted octanol–water partition coefficient (Wildman–Crippen LogP) is 2.42. The SMILES string of the molecule is C=C(C(=O)OCC)C(OC(C)=O)c1cccc(=O)cc1Cl. The molecule has 112 valence electrons. The summed E-state index contributed by atoms with van der Waals surface area (Å²) in [4.78, 5) is 34.4. The zero-order valence-electron chi connectivity index (χ0n) is 11.7. The monoisotopic (exact) mass is 310 g/mol. The van der Waals surface area contributed by atoms with Gasteiger partial charge in [-0.15, -0.1) is 0 Å². The number of ether oxygens (including phenoxy) is 2. The molecule has 1 aromatic rings. The Morgan fingerprint density at radius 2 is 2.05 bits per heavy atom. The second kappa shape index (κ2) is 7.59. The fourth-order valence-electron chi connectivity index (χ4n) is 1.61. The third-order valence-electron chi connectivity index (χ3n) is 2.50. The third-order valence-corrected chi connectivity index (χ3v) is 2.83. The van der Waals surface area contributed by atoms with Gasteiger partial charge in [-0.25, -0.2) is 4.79 Å². The van der Waals surface area contributed by atoms with E-state index in [1.807, 2.05) is 0 Å². The lowest BCUT2D eigenvalue weighted by molar-refractivity contribution is -0.147. The molecule has 6 heteroatoms. The number of hydrogen-bond acceptors (Lipinski definition) is 5. The van der Waals surface area contributed by atoms with Crippen LogP contribution in [0.15, 0.2) is 41.2 Å². The van der Waals surface area contributed by atoms with Gasteiger partial charge in [-0.1, -0.05) is 30.3 Å². The van der Waals surface area contributed by atoms with Crippen LogP contribution in [0.1, 0.15) is 25.5 Å². The van der Waals surface area contributed by atoms with Crippen LogP contribution >= 0.6 is 11.6 Å². The summed E-state index contributed by atoms with van der Waals surface area (Å²) in [6.07, 6.45) is -1.11. The Morgan fingerprint density at radius 1 is 1.38 bits per heavy atom. The van der Waals surface area contributed by atoms with E-state index < -0.39 is 18.0 Å². The molecule has 0 heterocycles. The van der Waals surface area contributed by atoms with Crippen LogP contribution in [0.4, 0.5) is 0 Å². The minimum atomic E-state index is -1.11. The highest BCUT2D eigenvalue weighted by atomic mass is 35.5. The Balaban J connectivity index is 3.29. The van der Waals surface area contributed by atoms with Gasteiger partial charge >= 0.3 is 11.9 Å². The van der Waals surface area contributed by atoms with E-state index in [2.05, 4.69) is 6.58 Å². The number of hydrogen-bond donors (Lipinski definition) is 0. The van der Waals surface area contributed by atoms with Gasteiger partial charge in [0.05, 0.1) is 17.2 Å². The fraction of sp³-hybridized carbons (Fsp3) is 0.267. The van der Waals surface area contributed by atoms with Crippen LogP contribution in [0.3, 0.4) is 0 Å². The van der Waals surface area contributed by atoms with Crippen LogP contribution in [0, 0.1) is 0 Å². The topological polar surface area (TPSA) is 69.7 Å². The van der Waals surface area contributed by atoms with Crippen molar-refractivity contribution in [2.45, 2.75) is 20.0 Å². The average Bonchev–Trinajstić information content (AvgIpc) is 2.56. The lowest BCUT2D eigenvalue weighted by Crippen LogP contribution is -2.18. The first-order valence-electron chi connectivity index (χ1n) is 6.19. The molecule has 21 heavy (non-hydrogen) atoms. The molecule has 1 rings (SSSR count). The van der Waals surface area contributed by atoms with Crippen molar-refractivity contribution in [1.29, 1.82) is 0 Å². The first kappa shape index (κ1) is 16.9. The van der Waals surface area contributed by atoms with Crippen LogP contribution in [-0.4, -0.2) is 18.5 Å². The summed E-state index contributed by atoms with van der Waals surface area (Å²) >= 11 is 6.03. The molecule has 1 aromatic carbocycles. The summed E-state index contributed by atoms with van der Waals surface area (Å²) in [7, 11) is 0. The number of carbonyl (C=O) groups excluding carboxylic acids is 2. The molecule has 5 nitrogen and oxygen atoms in total. The number of rotatable bonds is 5. The number of halogens is 1. The van der Waals surface area contributed by atoms with Crippen LogP contribution in [-0.2, 0) is 19.1 Å². The lowest BCUT2D eigenvalue weighted by Gasteiger charge is -2.19. The maximum atomic E-state index is 11.8. The van der Waals surface area contributed by atoms with Crippen molar-refractivity contribution in [2.75, 3.05) is 6.61 Å². The molecular formula is C15H15ClO5. The molecule has 0 amide bonds. The summed E-state index contributed by atoms with van der Waals surface area (Å²) in [6.45, 7) is 6.60. The first-order chi connectivity index (χ1) is 9.86. The zero-order valence-corrected chi connectivity index (χ0v) is 12.5. The molecule has 0 fully saturated rings. The van der Waals surface area contributed by atoms with E-state index in [1.165, 1.54) is 31.2 Å². The molecule has 0 bridgehead atoms. The smallest absolute Gasteiger partial charge is 0.337 e. The highest BCUT2D eigenvalue weighted by Crippen LogP contribution is 2.30. The van der Waals surface area contributed by atoms with Crippen LogP contribution in [0.5, 0.6) is 0 Å². The van der Waals surface area contributed by atoms with Gasteiger partial charge in [-0.3, -0.25) is 9.59 Å². The molecule has 1 unspecified atom stereocenters. The second-order valence-electron chi connectivity index (χ2n) is 4.11. The summed E-state index contributed by atoms with van der Waals surface area (Å²) < 4.78 is 9.94.